The normalized spacial score (nSPS) is 22.4. The average Bonchev–Trinajstić information content (AvgIpc) is 3.39. The molecule has 1 amide bonds. The molecule has 33 heavy (non-hydrogen) atoms. The minimum atomic E-state index is -0.0849. The lowest BCUT2D eigenvalue weighted by atomic mass is 9.85. The number of nitrogens with two attached hydrogens (primary N) is 1. The largest absolute Gasteiger partial charge is 0.397 e. The molecule has 3 N–H and O–H groups in total. The van der Waals surface area contributed by atoms with E-state index in [1.807, 2.05) is 16.9 Å². The molecule has 2 aliphatic carbocycles. The maximum Gasteiger partial charge on any atom is 0.256 e. The third kappa shape index (κ3) is 3.79. The average molecular weight is 447 g/mol. The van der Waals surface area contributed by atoms with Crippen LogP contribution in [0.25, 0.3) is 11.3 Å². The monoisotopic (exact) mass is 446 g/mol. The Morgan fingerprint density at radius 2 is 1.91 bits per heavy atom. The summed E-state index contributed by atoms with van der Waals surface area (Å²) in [5.74, 6) is 1.27. The molecule has 1 aliphatic heterocycles. The van der Waals surface area contributed by atoms with Crippen LogP contribution >= 0.6 is 0 Å². The summed E-state index contributed by atoms with van der Waals surface area (Å²) in [6.07, 6.45) is 10.7. The van der Waals surface area contributed by atoms with Gasteiger partial charge in [0.1, 0.15) is 11.5 Å². The van der Waals surface area contributed by atoms with Gasteiger partial charge in [0.25, 0.3) is 5.56 Å². The van der Waals surface area contributed by atoms with Gasteiger partial charge in [0.2, 0.25) is 5.91 Å². The molecule has 0 saturated heterocycles. The topological polar surface area (TPSA) is 136 Å². The molecule has 10 heteroatoms. The molecule has 0 atom stereocenters. The van der Waals surface area contributed by atoms with Gasteiger partial charge in [0.15, 0.2) is 0 Å². The van der Waals surface area contributed by atoms with Crippen LogP contribution in [-0.2, 0) is 17.9 Å². The van der Waals surface area contributed by atoms with Crippen molar-refractivity contribution in [3.8, 4) is 11.3 Å². The smallest absolute Gasteiger partial charge is 0.256 e. The number of carbonyl (C=O) groups excluding carboxylic acids is 1. The zero-order valence-electron chi connectivity index (χ0n) is 18.3. The number of nitrogens with zero attached hydrogens (tertiary/aromatic N) is 6. The summed E-state index contributed by atoms with van der Waals surface area (Å²) in [7, 11) is 0. The third-order valence-corrected chi connectivity index (χ3v) is 7.07. The molecule has 6 rings (SSSR count). The highest BCUT2D eigenvalue weighted by molar-refractivity contribution is 5.79. The van der Waals surface area contributed by atoms with Crippen molar-refractivity contribution in [2.75, 3.05) is 5.73 Å². The standard InChI is InChI=1S/C23H26N8O2/c24-16-7-15(8-25-9-16)19-12-31(29-28-19)17-5-3-14(4-6-17)23(33)30-10-18-20(11-30)26-21(13-1-2-13)27-22(18)32/h7-9,12-14,17H,1-6,10-11,24H2,(H,26,27,32). The zero-order valence-corrected chi connectivity index (χ0v) is 18.3. The van der Waals surface area contributed by atoms with Crippen molar-refractivity contribution in [2.24, 2.45) is 5.92 Å². The summed E-state index contributed by atoms with van der Waals surface area (Å²) >= 11 is 0. The molecule has 0 spiro atoms. The van der Waals surface area contributed by atoms with Crippen LogP contribution in [0.2, 0.25) is 0 Å². The minimum Gasteiger partial charge on any atom is -0.397 e. The van der Waals surface area contributed by atoms with Crippen molar-refractivity contribution in [2.45, 2.75) is 63.6 Å². The number of nitrogen functional groups attached to an aromatic ring is 1. The second kappa shape index (κ2) is 7.79. The number of H-pyrrole nitrogens is 1. The molecule has 3 aliphatic rings. The van der Waals surface area contributed by atoms with E-state index in [1.165, 1.54) is 0 Å². The molecule has 0 aromatic carbocycles. The molecule has 2 fully saturated rings. The van der Waals surface area contributed by atoms with E-state index in [-0.39, 0.29) is 23.4 Å². The first-order valence-corrected chi connectivity index (χ1v) is 11.6. The summed E-state index contributed by atoms with van der Waals surface area (Å²) in [6.45, 7) is 0.806. The maximum absolute atomic E-state index is 13.2. The Balaban J connectivity index is 1.09. The van der Waals surface area contributed by atoms with Crippen molar-refractivity contribution in [1.29, 1.82) is 0 Å². The molecule has 3 aromatic heterocycles. The summed E-state index contributed by atoms with van der Waals surface area (Å²) in [5, 5.41) is 8.59. The summed E-state index contributed by atoms with van der Waals surface area (Å²) in [6, 6.07) is 2.05. The Bertz CT molecular complexity index is 1270. The predicted octanol–water partition coefficient (Wildman–Crippen LogP) is 2.16. The molecule has 3 aromatic rings. The van der Waals surface area contributed by atoms with E-state index < -0.39 is 0 Å². The number of hydrogen-bond acceptors (Lipinski definition) is 7. The van der Waals surface area contributed by atoms with Crippen LogP contribution in [0.1, 0.15) is 67.6 Å². The second-order valence-electron chi connectivity index (χ2n) is 9.44. The number of hydrogen-bond donors (Lipinski definition) is 2. The van der Waals surface area contributed by atoms with E-state index in [0.29, 0.717) is 30.3 Å². The number of aromatic amines is 1. The first kappa shape index (κ1) is 20.1. The molecule has 170 valence electrons. The second-order valence-corrected chi connectivity index (χ2v) is 9.44. The van der Waals surface area contributed by atoms with Gasteiger partial charge in [-0.25, -0.2) is 9.67 Å². The van der Waals surface area contributed by atoms with Gasteiger partial charge in [-0.1, -0.05) is 5.21 Å². The summed E-state index contributed by atoms with van der Waals surface area (Å²) in [4.78, 5) is 39.2. The lowest BCUT2D eigenvalue weighted by Gasteiger charge is -2.30. The lowest BCUT2D eigenvalue weighted by molar-refractivity contribution is -0.137. The number of anilines is 1. The van der Waals surface area contributed by atoms with E-state index in [1.54, 1.807) is 17.3 Å². The highest BCUT2D eigenvalue weighted by atomic mass is 16.2. The maximum atomic E-state index is 13.2. The Kier molecular flexibility index (Phi) is 4.74. The number of fused-ring (bicyclic) bond motifs is 1. The number of amides is 1. The van der Waals surface area contributed by atoms with E-state index in [4.69, 9.17) is 5.73 Å². The Morgan fingerprint density at radius 1 is 1.09 bits per heavy atom. The van der Waals surface area contributed by atoms with E-state index >= 15 is 0 Å². The van der Waals surface area contributed by atoms with Gasteiger partial charge in [-0.15, -0.1) is 5.10 Å². The van der Waals surface area contributed by atoms with Crippen molar-refractivity contribution >= 4 is 11.6 Å². The fourth-order valence-corrected chi connectivity index (χ4v) is 5.02. The van der Waals surface area contributed by atoms with Crippen LogP contribution in [0.5, 0.6) is 0 Å². The fourth-order valence-electron chi connectivity index (χ4n) is 5.02. The summed E-state index contributed by atoms with van der Waals surface area (Å²) in [5.41, 5.74) is 9.33. The first-order chi connectivity index (χ1) is 16.0. The van der Waals surface area contributed by atoms with Crippen LogP contribution in [0.4, 0.5) is 5.69 Å². The molecule has 10 nitrogen and oxygen atoms in total. The molecule has 2 saturated carbocycles. The molecular formula is C23H26N8O2. The highest BCUT2D eigenvalue weighted by Crippen LogP contribution is 2.38. The van der Waals surface area contributed by atoms with Crippen LogP contribution in [0, 0.1) is 5.92 Å². The van der Waals surface area contributed by atoms with E-state index in [9.17, 15) is 9.59 Å². The van der Waals surface area contributed by atoms with Crippen molar-refractivity contribution in [1.82, 2.24) is 34.8 Å². The molecule has 0 bridgehead atoms. The molecule has 0 unspecified atom stereocenters. The minimum absolute atomic E-state index is 0.0290. The Morgan fingerprint density at radius 3 is 2.67 bits per heavy atom. The number of nitrogens with one attached hydrogen (secondary N) is 1. The van der Waals surface area contributed by atoms with Crippen LogP contribution in [0.3, 0.4) is 0 Å². The number of rotatable bonds is 4. The molecular weight excluding hydrogens is 420 g/mol. The quantitative estimate of drug-likeness (QED) is 0.627. The number of pyridine rings is 1. The van der Waals surface area contributed by atoms with E-state index in [2.05, 4.69) is 25.3 Å². The Labute approximate surface area is 190 Å². The highest BCUT2D eigenvalue weighted by Gasteiger charge is 2.35. The van der Waals surface area contributed by atoms with Crippen LogP contribution in [-0.4, -0.2) is 40.8 Å². The van der Waals surface area contributed by atoms with Crippen LogP contribution in [0.15, 0.2) is 29.5 Å². The SMILES string of the molecule is Nc1cncc(-c2cn(C3CCC(C(=O)N4Cc5nc(C6CC6)[nH]c(=O)c5C4)CC3)nn2)c1. The van der Waals surface area contributed by atoms with E-state index in [0.717, 1.165) is 61.3 Å². The van der Waals surface area contributed by atoms with Gasteiger partial charge >= 0.3 is 0 Å². The zero-order chi connectivity index (χ0) is 22.5. The van der Waals surface area contributed by atoms with Gasteiger partial charge in [0.05, 0.1) is 42.3 Å². The molecule has 0 radical (unpaired) electrons. The van der Waals surface area contributed by atoms with Gasteiger partial charge in [-0.05, 0) is 44.6 Å². The summed E-state index contributed by atoms with van der Waals surface area (Å²) < 4.78 is 1.90. The van der Waals surface area contributed by atoms with Crippen molar-refractivity contribution in [3.63, 3.8) is 0 Å². The van der Waals surface area contributed by atoms with Gasteiger partial charge in [-0.3, -0.25) is 14.6 Å². The van der Waals surface area contributed by atoms with Gasteiger partial charge in [-0.2, -0.15) is 0 Å². The lowest BCUT2D eigenvalue weighted by Crippen LogP contribution is -2.35. The third-order valence-electron chi connectivity index (χ3n) is 7.07. The van der Waals surface area contributed by atoms with Crippen molar-refractivity contribution < 1.29 is 4.79 Å². The fraction of sp³-hybridized carbons (Fsp3) is 0.478. The van der Waals surface area contributed by atoms with Crippen LogP contribution < -0.4 is 11.3 Å². The predicted molar refractivity (Wildman–Crippen MR) is 120 cm³/mol. The number of carbonyl (C=O) groups is 1. The van der Waals surface area contributed by atoms with Crippen molar-refractivity contribution in [3.05, 3.63) is 52.1 Å². The molecule has 4 heterocycles. The van der Waals surface area contributed by atoms with Gasteiger partial charge < -0.3 is 15.6 Å². The first-order valence-electron chi connectivity index (χ1n) is 11.6. The Hall–Kier alpha value is -3.56. The van der Waals surface area contributed by atoms with Gasteiger partial charge in [0, 0.05) is 29.8 Å². The number of aromatic nitrogens is 6.